The van der Waals surface area contributed by atoms with Crippen molar-refractivity contribution in [1.82, 2.24) is 5.32 Å². The molecule has 1 atom stereocenters. The number of Topliss-reactive ketones (excluding diaryl/α,β-unsaturated/α-hetero) is 1. The highest BCUT2D eigenvalue weighted by Crippen LogP contribution is 2.17. The Morgan fingerprint density at radius 1 is 0.358 bits per heavy atom. The van der Waals surface area contributed by atoms with Crippen LogP contribution in [-0.4, -0.2) is 29.4 Å². The van der Waals surface area contributed by atoms with Crippen molar-refractivity contribution in [3.05, 3.63) is 0 Å². The molecule has 0 aliphatic carbocycles. The summed E-state index contributed by atoms with van der Waals surface area (Å²) in [6.07, 6.45) is 54.6. The molecule has 2 N–H and O–H groups in total. The Balaban J connectivity index is 3.37. The van der Waals surface area contributed by atoms with Crippen LogP contribution in [0.2, 0.25) is 0 Å². The molecule has 0 aromatic rings. The predicted octanol–water partition coefficient (Wildman–Crippen LogP) is 15.8. The van der Waals surface area contributed by atoms with Crippen LogP contribution in [0.3, 0.4) is 0 Å². The van der Waals surface area contributed by atoms with Gasteiger partial charge in [-0.15, -0.1) is 0 Å². The van der Waals surface area contributed by atoms with Crippen LogP contribution in [0.15, 0.2) is 0 Å². The number of aliphatic hydroxyl groups excluding tert-OH is 1. The van der Waals surface area contributed by atoms with Gasteiger partial charge in [-0.3, -0.25) is 9.59 Å². The van der Waals surface area contributed by atoms with E-state index >= 15 is 0 Å². The molecule has 0 saturated carbocycles. The molecule has 0 aliphatic heterocycles. The minimum Gasteiger partial charge on any atom is -0.394 e. The number of hydrogen-bond acceptors (Lipinski definition) is 3. The molecule has 316 valence electrons. The van der Waals surface area contributed by atoms with E-state index in [0.29, 0.717) is 12.2 Å². The molecule has 0 bridgehead atoms. The molecule has 0 rings (SSSR count). The molecule has 0 fully saturated rings. The highest BCUT2D eigenvalue weighted by atomic mass is 16.3. The lowest BCUT2D eigenvalue weighted by atomic mass is 10.0. The van der Waals surface area contributed by atoms with Crippen molar-refractivity contribution in [2.24, 2.45) is 0 Å². The second-order valence-corrected chi connectivity index (χ2v) is 17.1. The molecule has 53 heavy (non-hydrogen) atoms. The topological polar surface area (TPSA) is 66.4 Å². The largest absolute Gasteiger partial charge is 0.394 e. The Hall–Kier alpha value is -0.900. The van der Waals surface area contributed by atoms with Crippen molar-refractivity contribution in [2.45, 2.75) is 296 Å². The molecule has 4 nitrogen and oxygen atoms in total. The van der Waals surface area contributed by atoms with E-state index in [4.69, 9.17) is 0 Å². The van der Waals surface area contributed by atoms with Crippen LogP contribution in [0.5, 0.6) is 0 Å². The van der Waals surface area contributed by atoms with Crippen LogP contribution in [0.25, 0.3) is 0 Å². The Morgan fingerprint density at radius 3 is 0.887 bits per heavy atom. The first-order chi connectivity index (χ1) is 26.1. The van der Waals surface area contributed by atoms with E-state index in [1.807, 2.05) is 0 Å². The summed E-state index contributed by atoms with van der Waals surface area (Å²) in [7, 11) is 0. The Bertz CT molecular complexity index is 725. The highest BCUT2D eigenvalue weighted by molar-refractivity contribution is 5.78. The fourth-order valence-electron chi connectivity index (χ4n) is 7.93. The van der Waals surface area contributed by atoms with Crippen molar-refractivity contribution in [3.8, 4) is 0 Å². The highest BCUT2D eigenvalue weighted by Gasteiger charge is 2.11. The minimum absolute atomic E-state index is 0.0590. The van der Waals surface area contributed by atoms with Gasteiger partial charge in [-0.1, -0.05) is 245 Å². The van der Waals surface area contributed by atoms with Gasteiger partial charge >= 0.3 is 0 Å². The van der Waals surface area contributed by atoms with Gasteiger partial charge in [-0.05, 0) is 25.7 Å². The average Bonchev–Trinajstić information content (AvgIpc) is 3.16. The molecular formula is C49H97NO3. The van der Waals surface area contributed by atoms with E-state index in [2.05, 4.69) is 19.2 Å². The van der Waals surface area contributed by atoms with Gasteiger partial charge in [0, 0.05) is 19.3 Å². The predicted molar refractivity (Wildman–Crippen MR) is 234 cm³/mol. The van der Waals surface area contributed by atoms with Gasteiger partial charge in [0.1, 0.15) is 5.78 Å². The molecule has 0 heterocycles. The fraction of sp³-hybridized carbons (Fsp3) is 0.959. The maximum atomic E-state index is 12.4. The van der Waals surface area contributed by atoms with Crippen molar-refractivity contribution < 1.29 is 14.7 Å². The number of nitrogens with one attached hydrogen (secondary N) is 1. The van der Waals surface area contributed by atoms with E-state index in [-0.39, 0.29) is 18.6 Å². The third kappa shape index (κ3) is 43.7. The summed E-state index contributed by atoms with van der Waals surface area (Å²) in [4.78, 5) is 24.6. The second-order valence-electron chi connectivity index (χ2n) is 17.1. The molecule has 0 spiro atoms. The number of carbonyl (C=O) groups is 2. The van der Waals surface area contributed by atoms with Gasteiger partial charge in [-0.2, -0.15) is 0 Å². The third-order valence-electron chi connectivity index (χ3n) is 11.7. The zero-order valence-electron chi connectivity index (χ0n) is 36.5. The smallest absolute Gasteiger partial charge is 0.220 e. The first-order valence-electron chi connectivity index (χ1n) is 24.6. The molecule has 0 aromatic heterocycles. The fourth-order valence-corrected chi connectivity index (χ4v) is 7.93. The Morgan fingerprint density at radius 2 is 0.604 bits per heavy atom. The zero-order valence-corrected chi connectivity index (χ0v) is 36.5. The minimum atomic E-state index is -0.0684. The number of aliphatic hydroxyl groups is 1. The molecule has 0 aromatic carbocycles. The van der Waals surface area contributed by atoms with Gasteiger partial charge in [-0.25, -0.2) is 0 Å². The summed E-state index contributed by atoms with van der Waals surface area (Å²) in [6, 6.07) is -0.0684. The summed E-state index contributed by atoms with van der Waals surface area (Å²) in [5, 5.41) is 12.8. The summed E-state index contributed by atoms with van der Waals surface area (Å²) in [5.41, 5.74) is 0. The van der Waals surface area contributed by atoms with Crippen molar-refractivity contribution >= 4 is 11.7 Å². The molecular weight excluding hydrogens is 651 g/mol. The lowest BCUT2D eigenvalue weighted by Gasteiger charge is -2.16. The van der Waals surface area contributed by atoms with Gasteiger partial charge in [0.15, 0.2) is 0 Å². The Labute approximate surface area is 333 Å². The van der Waals surface area contributed by atoms with Crippen LogP contribution >= 0.6 is 0 Å². The molecule has 0 aliphatic rings. The number of hydrogen-bond donors (Lipinski definition) is 2. The van der Waals surface area contributed by atoms with Crippen LogP contribution in [0.4, 0.5) is 0 Å². The maximum Gasteiger partial charge on any atom is 0.220 e. The van der Waals surface area contributed by atoms with Crippen LogP contribution < -0.4 is 5.32 Å². The summed E-state index contributed by atoms with van der Waals surface area (Å²) >= 11 is 0. The molecule has 1 amide bonds. The van der Waals surface area contributed by atoms with Crippen LogP contribution in [0.1, 0.15) is 290 Å². The average molecular weight is 748 g/mol. The zero-order chi connectivity index (χ0) is 38.6. The standard InChI is InChI=1S/C49H97NO3/c1-3-5-7-9-11-13-15-17-19-22-26-30-34-38-42-47(46-51)50-49(53)45-41-37-33-29-25-21-20-24-28-32-36-40-44-48(52)43-39-35-31-27-23-18-16-14-12-10-8-6-4-2/h47,51H,3-46H2,1-2H3,(H,50,53)/t47-/m1/s1. The van der Waals surface area contributed by atoms with Gasteiger partial charge < -0.3 is 10.4 Å². The second kappa shape index (κ2) is 45.5. The molecule has 0 saturated heterocycles. The maximum absolute atomic E-state index is 12.4. The van der Waals surface area contributed by atoms with E-state index in [1.165, 1.54) is 218 Å². The van der Waals surface area contributed by atoms with Crippen molar-refractivity contribution in [1.29, 1.82) is 0 Å². The van der Waals surface area contributed by atoms with Crippen LogP contribution in [0, 0.1) is 0 Å². The number of carbonyl (C=O) groups excluding carboxylic acids is 2. The van der Waals surface area contributed by atoms with E-state index in [1.54, 1.807) is 0 Å². The van der Waals surface area contributed by atoms with Gasteiger partial charge in [0.2, 0.25) is 5.91 Å². The van der Waals surface area contributed by atoms with E-state index in [0.717, 1.165) is 51.4 Å². The SMILES string of the molecule is CCCCCCCCCCCCCCCC[C@H](CO)NC(=O)CCCCCCCCCCCCCCC(=O)CCCCCCCCCCCCCCC. The third-order valence-corrected chi connectivity index (χ3v) is 11.7. The Kier molecular flexibility index (Phi) is 44.7. The summed E-state index contributed by atoms with van der Waals surface area (Å²) < 4.78 is 0. The van der Waals surface area contributed by atoms with Crippen molar-refractivity contribution in [3.63, 3.8) is 0 Å². The quantitative estimate of drug-likeness (QED) is 0.0609. The molecule has 0 radical (unpaired) electrons. The summed E-state index contributed by atoms with van der Waals surface area (Å²) in [5.74, 6) is 0.618. The van der Waals surface area contributed by atoms with Crippen molar-refractivity contribution in [2.75, 3.05) is 6.61 Å². The molecule has 4 heteroatoms. The lowest BCUT2D eigenvalue weighted by Crippen LogP contribution is -2.37. The van der Waals surface area contributed by atoms with E-state index in [9.17, 15) is 14.7 Å². The number of rotatable bonds is 46. The monoisotopic (exact) mass is 748 g/mol. The molecule has 0 unspecified atom stereocenters. The first-order valence-corrected chi connectivity index (χ1v) is 24.6. The normalized spacial score (nSPS) is 12.1. The van der Waals surface area contributed by atoms with Gasteiger partial charge in [0.05, 0.1) is 12.6 Å². The van der Waals surface area contributed by atoms with E-state index < -0.39 is 0 Å². The number of amides is 1. The number of unbranched alkanes of at least 4 members (excludes halogenated alkanes) is 36. The number of ketones is 1. The first kappa shape index (κ1) is 52.1. The van der Waals surface area contributed by atoms with Gasteiger partial charge in [0.25, 0.3) is 0 Å². The lowest BCUT2D eigenvalue weighted by molar-refractivity contribution is -0.122. The summed E-state index contributed by atoms with van der Waals surface area (Å²) in [6.45, 7) is 4.63. The van der Waals surface area contributed by atoms with Crippen LogP contribution in [-0.2, 0) is 9.59 Å².